The van der Waals surface area contributed by atoms with Crippen molar-refractivity contribution in [1.29, 1.82) is 0 Å². The molecule has 248 valence electrons. The van der Waals surface area contributed by atoms with Crippen molar-refractivity contribution in [3.05, 3.63) is 95.3 Å². The maximum atomic E-state index is 15.2. The van der Waals surface area contributed by atoms with Gasteiger partial charge in [0, 0.05) is 35.5 Å². The van der Waals surface area contributed by atoms with Crippen LogP contribution < -0.4 is 20.9 Å². The van der Waals surface area contributed by atoms with Gasteiger partial charge in [-0.15, -0.1) is 0 Å². The number of anilines is 2. The summed E-state index contributed by atoms with van der Waals surface area (Å²) in [6.07, 6.45) is 2.77. The van der Waals surface area contributed by atoms with E-state index in [-0.39, 0.29) is 35.0 Å². The molecule has 3 aromatic carbocycles. The van der Waals surface area contributed by atoms with Gasteiger partial charge in [-0.25, -0.2) is 14.2 Å². The normalized spacial score (nSPS) is 20.1. The fourth-order valence-corrected chi connectivity index (χ4v) is 6.58. The molecule has 12 nitrogen and oxygen atoms in total. The van der Waals surface area contributed by atoms with Crippen LogP contribution >= 0.6 is 0 Å². The van der Waals surface area contributed by atoms with Crippen LogP contribution in [0.3, 0.4) is 0 Å². The fraction of sp³-hybridized carbons (Fsp3) is 0.314. The standard InChI is InChI=1S/C35H35FN6O6/c36-27-10-3-1-8-25(27)31-26-9-2-4-11-28(26)42(20-29(43)41-18-21-12-13-22(19-41)15-14-21)34(47)32(39-31)40-35(48)38-24-7-5-6-23(16-24)33(46)37-17-30(44)45/h1-11,16,21-22,32H,12-15,17-20H2,(H,37,46)(H,44,45)(H2,38,40,48). The van der Waals surface area contributed by atoms with E-state index in [1.165, 1.54) is 47.4 Å². The van der Waals surface area contributed by atoms with E-state index in [1.54, 1.807) is 30.3 Å². The molecule has 1 atom stereocenters. The Morgan fingerprint density at radius 2 is 1.54 bits per heavy atom. The summed E-state index contributed by atoms with van der Waals surface area (Å²) >= 11 is 0. The van der Waals surface area contributed by atoms with Crippen LogP contribution in [0.4, 0.5) is 20.6 Å². The van der Waals surface area contributed by atoms with Gasteiger partial charge in [-0.05, 0) is 73.9 Å². The Labute approximate surface area is 276 Å². The molecule has 1 saturated carbocycles. The van der Waals surface area contributed by atoms with E-state index in [0.717, 1.165) is 25.7 Å². The van der Waals surface area contributed by atoms with E-state index in [9.17, 15) is 24.0 Å². The van der Waals surface area contributed by atoms with Gasteiger partial charge in [0.15, 0.2) is 0 Å². The van der Waals surface area contributed by atoms with Crippen molar-refractivity contribution in [2.45, 2.75) is 31.8 Å². The average molecular weight is 655 g/mol. The highest BCUT2D eigenvalue weighted by atomic mass is 19.1. The third-order valence-corrected chi connectivity index (χ3v) is 8.96. The lowest BCUT2D eigenvalue weighted by Gasteiger charge is -2.29. The summed E-state index contributed by atoms with van der Waals surface area (Å²) in [5.74, 6) is -2.49. The lowest BCUT2D eigenvalue weighted by atomic mass is 9.84. The van der Waals surface area contributed by atoms with Gasteiger partial charge >= 0.3 is 12.0 Å². The topological polar surface area (TPSA) is 161 Å². The molecule has 4 N–H and O–H groups in total. The van der Waals surface area contributed by atoms with Crippen molar-refractivity contribution < 1.29 is 33.5 Å². The number of benzodiazepines with no additional fused rings is 1. The molecule has 3 fully saturated rings. The molecular formula is C35H35FN6O6. The Bertz CT molecular complexity index is 1770. The van der Waals surface area contributed by atoms with E-state index < -0.39 is 42.3 Å². The second-order valence-electron chi connectivity index (χ2n) is 12.2. The first-order chi connectivity index (χ1) is 23.2. The molecule has 4 aliphatic rings. The highest BCUT2D eigenvalue weighted by molar-refractivity contribution is 6.21. The molecule has 48 heavy (non-hydrogen) atoms. The van der Waals surface area contributed by atoms with Crippen molar-refractivity contribution in [2.24, 2.45) is 16.8 Å². The van der Waals surface area contributed by atoms with Crippen LogP contribution in [0.2, 0.25) is 0 Å². The number of amides is 5. The number of carboxylic acid groups (broad SMARTS) is 1. The molecule has 3 aliphatic heterocycles. The number of nitrogens with zero attached hydrogens (tertiary/aromatic N) is 3. The summed E-state index contributed by atoms with van der Waals surface area (Å²) < 4.78 is 15.2. The van der Waals surface area contributed by atoms with Gasteiger partial charge in [0.05, 0.1) is 11.4 Å². The number of hydrogen-bond acceptors (Lipinski definition) is 6. The first-order valence-electron chi connectivity index (χ1n) is 15.8. The van der Waals surface area contributed by atoms with Crippen LogP contribution in [-0.4, -0.2) is 77.8 Å². The van der Waals surface area contributed by atoms with Gasteiger partial charge in [-0.3, -0.25) is 24.1 Å². The molecule has 5 amide bonds. The molecule has 3 heterocycles. The van der Waals surface area contributed by atoms with Gasteiger partial charge in [-0.1, -0.05) is 36.4 Å². The summed E-state index contributed by atoms with van der Waals surface area (Å²) in [6, 6.07) is 17.7. The van der Waals surface area contributed by atoms with Crippen molar-refractivity contribution in [3.63, 3.8) is 0 Å². The Balaban J connectivity index is 1.30. The lowest BCUT2D eigenvalue weighted by molar-refractivity contribution is -0.135. The number of carbonyl (C=O) groups excluding carboxylic acids is 4. The fourth-order valence-electron chi connectivity index (χ4n) is 6.58. The molecule has 7 rings (SSSR count). The molecule has 13 heteroatoms. The number of benzene rings is 3. The van der Waals surface area contributed by atoms with E-state index in [2.05, 4.69) is 20.9 Å². The van der Waals surface area contributed by atoms with Crippen LogP contribution in [0, 0.1) is 17.7 Å². The number of urea groups is 1. The van der Waals surface area contributed by atoms with Crippen molar-refractivity contribution in [1.82, 2.24) is 15.5 Å². The van der Waals surface area contributed by atoms with Crippen molar-refractivity contribution in [2.75, 3.05) is 36.4 Å². The van der Waals surface area contributed by atoms with E-state index in [1.807, 2.05) is 4.90 Å². The van der Waals surface area contributed by atoms with Crippen LogP contribution in [0.25, 0.3) is 0 Å². The minimum atomic E-state index is -1.55. The van der Waals surface area contributed by atoms with E-state index in [0.29, 0.717) is 36.2 Å². The van der Waals surface area contributed by atoms with Crippen molar-refractivity contribution >= 4 is 46.8 Å². The lowest BCUT2D eigenvalue weighted by Crippen LogP contribution is -2.51. The number of fused-ring (bicyclic) bond motifs is 5. The summed E-state index contributed by atoms with van der Waals surface area (Å²) in [5.41, 5.74) is 1.30. The Kier molecular flexibility index (Phi) is 9.46. The van der Waals surface area contributed by atoms with Crippen LogP contribution in [0.15, 0.2) is 77.8 Å². The first kappa shape index (κ1) is 32.4. The number of carbonyl (C=O) groups is 5. The second-order valence-corrected chi connectivity index (χ2v) is 12.2. The number of nitrogens with one attached hydrogen (secondary N) is 3. The second kappa shape index (κ2) is 14.0. The first-order valence-corrected chi connectivity index (χ1v) is 15.8. The van der Waals surface area contributed by atoms with Gasteiger partial charge in [0.25, 0.3) is 11.8 Å². The van der Waals surface area contributed by atoms with Gasteiger partial charge in [-0.2, -0.15) is 0 Å². The predicted molar refractivity (Wildman–Crippen MR) is 175 cm³/mol. The summed E-state index contributed by atoms with van der Waals surface area (Å²) in [5, 5.41) is 16.2. The monoisotopic (exact) mass is 654 g/mol. The van der Waals surface area contributed by atoms with Gasteiger partial charge in [0.2, 0.25) is 12.1 Å². The Morgan fingerprint density at radius 3 is 2.23 bits per heavy atom. The van der Waals surface area contributed by atoms with E-state index >= 15 is 4.39 Å². The van der Waals surface area contributed by atoms with Crippen LogP contribution in [0.1, 0.15) is 47.2 Å². The zero-order valence-corrected chi connectivity index (χ0v) is 26.0. The Hall–Kier alpha value is -5.59. The largest absolute Gasteiger partial charge is 0.480 e. The summed E-state index contributed by atoms with van der Waals surface area (Å²) in [7, 11) is 0. The Morgan fingerprint density at radius 1 is 0.875 bits per heavy atom. The van der Waals surface area contributed by atoms with Gasteiger partial charge in [0.1, 0.15) is 18.9 Å². The number of aliphatic imine (C=N–C) groups is 1. The number of carboxylic acids is 1. The minimum absolute atomic E-state index is 0.0986. The molecule has 0 radical (unpaired) electrons. The maximum Gasteiger partial charge on any atom is 0.322 e. The molecule has 3 aromatic rings. The maximum absolute atomic E-state index is 15.2. The molecule has 0 spiro atoms. The summed E-state index contributed by atoms with van der Waals surface area (Å²) in [4.78, 5) is 72.3. The molecule has 2 bridgehead atoms. The highest BCUT2D eigenvalue weighted by Gasteiger charge is 2.37. The predicted octanol–water partition coefficient (Wildman–Crippen LogP) is 3.62. The zero-order chi connectivity index (χ0) is 33.8. The zero-order valence-electron chi connectivity index (χ0n) is 26.0. The highest BCUT2D eigenvalue weighted by Crippen LogP contribution is 2.34. The number of halogens is 1. The number of aliphatic carboxylic acids is 1. The minimum Gasteiger partial charge on any atom is -0.480 e. The van der Waals surface area contributed by atoms with Crippen molar-refractivity contribution in [3.8, 4) is 0 Å². The third kappa shape index (κ3) is 7.19. The SMILES string of the molecule is O=C(O)CNC(=O)c1cccc(NC(=O)NC2N=C(c3ccccc3F)c3ccccc3N(CC(=O)N3CC4CCC(CC4)C3)C2=O)c1. The molecule has 0 aromatic heterocycles. The molecule has 1 unspecified atom stereocenters. The quantitative estimate of drug-likeness (QED) is 0.290. The summed E-state index contributed by atoms with van der Waals surface area (Å²) in [6.45, 7) is 0.396. The third-order valence-electron chi connectivity index (χ3n) is 8.96. The number of rotatable bonds is 8. The molecular weight excluding hydrogens is 619 g/mol. The average Bonchev–Trinajstić information content (AvgIpc) is 3.47. The van der Waals surface area contributed by atoms with Gasteiger partial charge < -0.3 is 26.0 Å². The smallest absolute Gasteiger partial charge is 0.322 e. The molecule has 2 saturated heterocycles. The number of hydrogen-bond donors (Lipinski definition) is 4. The van der Waals surface area contributed by atoms with Crippen LogP contribution in [-0.2, 0) is 14.4 Å². The van der Waals surface area contributed by atoms with Crippen LogP contribution in [0.5, 0.6) is 0 Å². The van der Waals surface area contributed by atoms with E-state index in [4.69, 9.17) is 5.11 Å². The molecule has 1 aliphatic carbocycles. The number of para-hydroxylation sites is 1.